The Labute approximate surface area is 297 Å². The Hall–Kier alpha value is -4.05. The highest BCUT2D eigenvalue weighted by molar-refractivity contribution is 7.90. The molecule has 2 fully saturated rings. The zero-order valence-electron chi connectivity index (χ0n) is 28.2. The van der Waals surface area contributed by atoms with E-state index in [1.54, 1.807) is 0 Å². The quantitative estimate of drug-likeness (QED) is 0.182. The number of aliphatic hydroxyl groups is 1. The number of halogens is 6. The first kappa shape index (κ1) is 37.7. The van der Waals surface area contributed by atoms with Crippen LogP contribution >= 0.6 is 0 Å². The molecule has 0 aliphatic carbocycles. The Morgan fingerprint density at radius 3 is 2.29 bits per heavy atom. The molecule has 278 valence electrons. The third-order valence-corrected chi connectivity index (χ3v) is 11.1. The summed E-state index contributed by atoms with van der Waals surface area (Å²) < 4.78 is 111. The van der Waals surface area contributed by atoms with Crippen molar-refractivity contribution in [2.75, 3.05) is 32.5 Å². The molecule has 3 aromatic carbocycles. The van der Waals surface area contributed by atoms with Crippen LogP contribution in [0, 0.1) is 0 Å². The molecule has 1 aromatic heterocycles. The first-order chi connectivity index (χ1) is 24.5. The summed E-state index contributed by atoms with van der Waals surface area (Å²) in [5.41, 5.74) is -1.51. The molecule has 3 heterocycles. The second-order valence-corrected chi connectivity index (χ2v) is 15.4. The highest BCUT2D eigenvalue weighted by Crippen LogP contribution is 2.38. The van der Waals surface area contributed by atoms with Crippen LogP contribution in [0.4, 0.5) is 26.3 Å². The molecule has 4 aromatic rings. The lowest BCUT2D eigenvalue weighted by Crippen LogP contribution is -2.47. The smallest absolute Gasteiger partial charge is 0.395 e. The van der Waals surface area contributed by atoms with Gasteiger partial charge in [-0.3, -0.25) is 14.6 Å². The molecular weight excluding hydrogens is 710 g/mol. The summed E-state index contributed by atoms with van der Waals surface area (Å²) in [6.07, 6.45) is -5.51. The van der Waals surface area contributed by atoms with Crippen LogP contribution in [0.2, 0.25) is 0 Å². The van der Waals surface area contributed by atoms with Gasteiger partial charge >= 0.3 is 12.4 Å². The number of piperidine rings is 1. The van der Waals surface area contributed by atoms with E-state index < -0.39 is 39.7 Å². The summed E-state index contributed by atoms with van der Waals surface area (Å²) in [4.78, 5) is 23.1. The monoisotopic (exact) mass is 748 g/mol. The van der Waals surface area contributed by atoms with E-state index in [1.165, 1.54) is 60.7 Å². The van der Waals surface area contributed by atoms with E-state index in [1.807, 2.05) is 4.90 Å². The van der Waals surface area contributed by atoms with Gasteiger partial charge in [-0.1, -0.05) is 42.5 Å². The van der Waals surface area contributed by atoms with E-state index in [2.05, 4.69) is 15.2 Å². The van der Waals surface area contributed by atoms with Gasteiger partial charge < -0.3 is 10.4 Å². The Morgan fingerprint density at radius 2 is 1.65 bits per heavy atom. The summed E-state index contributed by atoms with van der Waals surface area (Å²) in [7, 11) is -3.87. The van der Waals surface area contributed by atoms with Gasteiger partial charge in [0.15, 0.2) is 15.9 Å². The third-order valence-electron chi connectivity index (χ3n) is 9.95. The van der Waals surface area contributed by atoms with E-state index >= 15 is 0 Å². The van der Waals surface area contributed by atoms with Crippen LogP contribution < -0.4 is 5.32 Å². The predicted octanol–water partition coefficient (Wildman–Crippen LogP) is 6.78. The second kappa shape index (κ2) is 14.8. The maximum Gasteiger partial charge on any atom is 0.416 e. The van der Waals surface area contributed by atoms with Gasteiger partial charge in [-0.25, -0.2) is 13.4 Å². The number of benzene rings is 3. The average Bonchev–Trinajstić information content (AvgIpc) is 3.58. The first-order valence-electron chi connectivity index (χ1n) is 16.9. The standard InChI is InChI=1S/C37H38F6N4O4S/c1-52(50,51)28-12-13-31-29(20-28)32(35(49)45-34(37(41,42)43)23-7-3-2-4-8-23)30(33(44-31)24-9-5-10-25(19-24)36(38,39)40)21-46-17-14-26(15-18-46)47-16-6-11-27(47)22-48/h2-5,7-10,12-13,19-20,26-27,34,48H,6,11,14-18,21-22H2,1H3,(H,45,49)/t27-,34?/m0/s1. The van der Waals surface area contributed by atoms with Crippen LogP contribution in [0.15, 0.2) is 77.7 Å². The van der Waals surface area contributed by atoms with Crippen molar-refractivity contribution in [1.82, 2.24) is 20.1 Å². The summed E-state index contributed by atoms with van der Waals surface area (Å²) in [5, 5.41) is 11.9. The Kier molecular flexibility index (Phi) is 10.7. The number of hydrogen-bond acceptors (Lipinski definition) is 7. The van der Waals surface area contributed by atoms with Crippen LogP contribution in [0.5, 0.6) is 0 Å². The molecule has 2 atom stereocenters. The Balaban J connectivity index is 1.52. The van der Waals surface area contributed by atoms with E-state index in [0.29, 0.717) is 25.9 Å². The number of likely N-dealkylation sites (tertiary alicyclic amines) is 2. The number of pyridine rings is 1. The molecule has 0 radical (unpaired) electrons. The highest BCUT2D eigenvalue weighted by atomic mass is 32.2. The SMILES string of the molecule is CS(=O)(=O)c1ccc2nc(-c3cccc(C(F)(F)F)c3)c(CN3CCC(N4CCC[C@H]4CO)CC3)c(C(=O)NC(c3ccccc3)C(F)(F)F)c2c1. The Morgan fingerprint density at radius 1 is 0.942 bits per heavy atom. The first-order valence-corrected chi connectivity index (χ1v) is 18.8. The van der Waals surface area contributed by atoms with Crippen molar-refractivity contribution < 1.29 is 44.7 Å². The fraction of sp³-hybridized carbons (Fsp3) is 0.405. The average molecular weight is 749 g/mol. The van der Waals surface area contributed by atoms with Crippen molar-refractivity contribution in [3.8, 4) is 11.3 Å². The van der Waals surface area contributed by atoms with E-state index in [9.17, 15) is 44.7 Å². The molecule has 2 aliphatic rings. The number of nitrogens with zero attached hydrogens (tertiary/aromatic N) is 3. The summed E-state index contributed by atoms with van der Waals surface area (Å²) in [6, 6.07) is 12.5. The summed E-state index contributed by atoms with van der Waals surface area (Å²) >= 11 is 0. The van der Waals surface area contributed by atoms with Gasteiger partial charge in [0, 0.05) is 41.4 Å². The number of carbonyl (C=O) groups is 1. The number of amides is 1. The normalized spacial score (nSPS) is 18.9. The minimum Gasteiger partial charge on any atom is -0.395 e. The lowest BCUT2D eigenvalue weighted by molar-refractivity contribution is -0.155. The van der Waals surface area contributed by atoms with E-state index in [4.69, 9.17) is 0 Å². The van der Waals surface area contributed by atoms with Crippen molar-refractivity contribution in [3.63, 3.8) is 0 Å². The molecule has 0 bridgehead atoms. The molecule has 8 nitrogen and oxygen atoms in total. The summed E-state index contributed by atoms with van der Waals surface area (Å²) in [6.45, 7) is 1.79. The lowest BCUT2D eigenvalue weighted by atomic mass is 9.93. The van der Waals surface area contributed by atoms with Gasteiger partial charge in [0.1, 0.15) is 0 Å². The minimum atomic E-state index is -4.94. The number of aliphatic hydroxyl groups excluding tert-OH is 1. The zero-order valence-corrected chi connectivity index (χ0v) is 29.0. The molecule has 0 saturated carbocycles. The van der Waals surface area contributed by atoms with Gasteiger partial charge in [0.25, 0.3) is 5.91 Å². The number of carbonyl (C=O) groups excluding carboxylic acids is 1. The van der Waals surface area contributed by atoms with Crippen molar-refractivity contribution in [2.45, 2.75) is 67.6 Å². The van der Waals surface area contributed by atoms with Gasteiger partial charge in [-0.15, -0.1) is 0 Å². The fourth-order valence-electron chi connectivity index (χ4n) is 7.38. The molecule has 6 rings (SSSR count). The van der Waals surface area contributed by atoms with Gasteiger partial charge in [0.05, 0.1) is 33.8 Å². The van der Waals surface area contributed by atoms with Crippen LogP contribution in [0.1, 0.15) is 58.8 Å². The molecule has 15 heteroatoms. The minimum absolute atomic E-state index is 0.0128. The van der Waals surface area contributed by atoms with Gasteiger partial charge in [0.2, 0.25) is 0 Å². The predicted molar refractivity (Wildman–Crippen MR) is 183 cm³/mol. The zero-order chi connectivity index (χ0) is 37.4. The second-order valence-electron chi connectivity index (χ2n) is 13.4. The van der Waals surface area contributed by atoms with Gasteiger partial charge in [-0.05, 0) is 81.2 Å². The van der Waals surface area contributed by atoms with Gasteiger partial charge in [-0.2, -0.15) is 26.3 Å². The van der Waals surface area contributed by atoms with Crippen molar-refractivity contribution in [2.24, 2.45) is 0 Å². The molecule has 2 aliphatic heterocycles. The number of hydrogen-bond donors (Lipinski definition) is 2. The maximum atomic E-state index is 14.6. The van der Waals surface area contributed by atoms with Crippen molar-refractivity contribution in [1.29, 1.82) is 0 Å². The number of aromatic nitrogens is 1. The largest absolute Gasteiger partial charge is 0.416 e. The van der Waals surface area contributed by atoms with Crippen molar-refractivity contribution >= 4 is 26.6 Å². The number of alkyl halides is 6. The lowest BCUT2D eigenvalue weighted by Gasteiger charge is -2.39. The summed E-state index contributed by atoms with van der Waals surface area (Å²) in [5.74, 6) is -1.19. The van der Waals surface area contributed by atoms with Crippen LogP contribution in [-0.2, 0) is 22.6 Å². The van der Waals surface area contributed by atoms with Crippen LogP contribution in [0.25, 0.3) is 22.2 Å². The number of rotatable bonds is 9. The molecule has 2 N–H and O–H groups in total. The molecule has 1 amide bonds. The number of sulfone groups is 1. The maximum absolute atomic E-state index is 14.6. The molecule has 1 unspecified atom stereocenters. The highest BCUT2D eigenvalue weighted by Gasteiger charge is 2.43. The molecular formula is C37H38F6N4O4S. The Bertz CT molecular complexity index is 2030. The third kappa shape index (κ3) is 8.12. The number of fused-ring (bicyclic) bond motifs is 1. The topological polar surface area (TPSA) is 103 Å². The van der Waals surface area contributed by atoms with Crippen LogP contribution in [-0.4, -0.2) is 85.0 Å². The van der Waals surface area contributed by atoms with Crippen molar-refractivity contribution in [3.05, 3.63) is 95.1 Å². The van der Waals surface area contributed by atoms with E-state index in [0.717, 1.165) is 37.8 Å². The van der Waals surface area contributed by atoms with Crippen LogP contribution in [0.3, 0.4) is 0 Å². The fourth-order valence-corrected chi connectivity index (χ4v) is 8.02. The molecule has 52 heavy (non-hydrogen) atoms. The molecule has 0 spiro atoms. The van der Waals surface area contributed by atoms with E-state index in [-0.39, 0.29) is 69.0 Å². The molecule has 2 saturated heterocycles. The number of nitrogens with one attached hydrogen (secondary N) is 1.